The highest BCUT2D eigenvalue weighted by atomic mass is 16.5. The average Bonchev–Trinajstić information content (AvgIpc) is 2.79. The van der Waals surface area contributed by atoms with Crippen LogP contribution < -0.4 is 26.4 Å². The van der Waals surface area contributed by atoms with Crippen LogP contribution in [0, 0.1) is 0 Å². The predicted octanol–water partition coefficient (Wildman–Crippen LogP) is 3.26. The minimum atomic E-state index is 0.113. The third kappa shape index (κ3) is 4.33. The van der Waals surface area contributed by atoms with Crippen LogP contribution in [-0.4, -0.2) is 17.9 Å². The number of anilines is 1. The molecule has 4 rings (SSSR count). The van der Waals surface area contributed by atoms with Crippen molar-refractivity contribution in [3.8, 4) is 39.6 Å². The van der Waals surface area contributed by atoms with Crippen LogP contribution in [0.2, 0.25) is 0 Å². The molecule has 0 saturated carbocycles. The Morgan fingerprint density at radius 2 is 1.48 bits per heavy atom. The zero-order chi connectivity index (χ0) is 21.8. The number of pyridine rings is 1. The number of nitrogens with zero attached hydrogens (tertiary/aromatic N) is 1. The Kier molecular flexibility index (Phi) is 5.53. The highest BCUT2D eigenvalue weighted by molar-refractivity contribution is 6.04. The summed E-state index contributed by atoms with van der Waals surface area (Å²) in [6.07, 6.45) is 0. The van der Waals surface area contributed by atoms with Gasteiger partial charge in [0.25, 0.3) is 5.84 Å². The van der Waals surface area contributed by atoms with Crippen LogP contribution in [0.3, 0.4) is 0 Å². The second-order valence-corrected chi connectivity index (χ2v) is 6.94. The Hall–Kier alpha value is -4.32. The minimum Gasteiger partial charge on any atom is -0.497 e. The fraction of sp³-hybridized carbons (Fsp3) is 0.0400. The van der Waals surface area contributed by atoms with E-state index in [-0.39, 0.29) is 11.7 Å². The number of hydrogen-bond donors (Lipinski definition) is 3. The summed E-state index contributed by atoms with van der Waals surface area (Å²) in [7, 11) is 1.62. The monoisotopic (exact) mass is 411 g/mol. The largest absolute Gasteiger partial charge is 0.497 e. The van der Waals surface area contributed by atoms with E-state index in [0.717, 1.165) is 33.9 Å². The molecule has 6 heteroatoms. The molecule has 154 valence electrons. The molecule has 6 nitrogen and oxygen atoms in total. The number of amidine groups is 1. The SMILES string of the molecule is COc1cccc(-c2cc(-c3ccc(Oc4ccccc4)cc3)c(C(N)=[NH2+])c(N)n2)c1. The van der Waals surface area contributed by atoms with Crippen molar-refractivity contribution in [2.24, 2.45) is 5.73 Å². The van der Waals surface area contributed by atoms with Crippen molar-refractivity contribution in [2.75, 3.05) is 12.8 Å². The molecule has 0 fully saturated rings. The van der Waals surface area contributed by atoms with Gasteiger partial charge in [0.05, 0.1) is 12.8 Å². The van der Waals surface area contributed by atoms with Crippen molar-refractivity contribution >= 4 is 11.7 Å². The summed E-state index contributed by atoms with van der Waals surface area (Å²) in [5.74, 6) is 2.60. The van der Waals surface area contributed by atoms with E-state index in [4.69, 9.17) is 26.4 Å². The fourth-order valence-electron chi connectivity index (χ4n) is 3.35. The molecule has 0 unspecified atom stereocenters. The van der Waals surface area contributed by atoms with Crippen molar-refractivity contribution in [2.45, 2.75) is 0 Å². The van der Waals surface area contributed by atoms with E-state index in [1.54, 1.807) is 7.11 Å². The predicted molar refractivity (Wildman–Crippen MR) is 123 cm³/mol. The van der Waals surface area contributed by atoms with Gasteiger partial charge in [0, 0.05) is 11.1 Å². The first-order chi connectivity index (χ1) is 15.0. The summed E-state index contributed by atoms with van der Waals surface area (Å²) in [5.41, 5.74) is 16.0. The molecule has 0 bridgehead atoms. The first-order valence-electron chi connectivity index (χ1n) is 9.71. The topological polar surface area (TPSA) is 109 Å². The van der Waals surface area contributed by atoms with Gasteiger partial charge < -0.3 is 15.2 Å². The smallest absolute Gasteiger partial charge is 0.275 e. The summed E-state index contributed by atoms with van der Waals surface area (Å²) in [6, 6.07) is 26.8. The maximum Gasteiger partial charge on any atom is 0.275 e. The molecule has 3 aromatic carbocycles. The van der Waals surface area contributed by atoms with E-state index < -0.39 is 0 Å². The van der Waals surface area contributed by atoms with Crippen molar-refractivity contribution < 1.29 is 14.9 Å². The quantitative estimate of drug-likeness (QED) is 0.333. The van der Waals surface area contributed by atoms with Gasteiger partial charge in [-0.05, 0) is 48.0 Å². The molecule has 0 aliphatic rings. The number of nitrogens with two attached hydrogens (primary N) is 3. The van der Waals surface area contributed by atoms with Crippen molar-refractivity contribution in [1.82, 2.24) is 4.98 Å². The third-order valence-electron chi connectivity index (χ3n) is 4.85. The van der Waals surface area contributed by atoms with Gasteiger partial charge in [0.1, 0.15) is 28.6 Å². The van der Waals surface area contributed by atoms with Crippen molar-refractivity contribution in [3.05, 3.63) is 90.5 Å². The molecular formula is C25H23N4O2+. The molecular weight excluding hydrogens is 388 g/mol. The maximum absolute atomic E-state index is 6.25. The molecule has 0 amide bonds. The average molecular weight is 411 g/mol. The summed E-state index contributed by atoms with van der Waals surface area (Å²) in [6.45, 7) is 0. The molecule has 0 radical (unpaired) electrons. The summed E-state index contributed by atoms with van der Waals surface area (Å²) >= 11 is 0. The van der Waals surface area contributed by atoms with Crippen LogP contribution in [0.25, 0.3) is 22.4 Å². The van der Waals surface area contributed by atoms with Crippen LogP contribution >= 0.6 is 0 Å². The zero-order valence-corrected chi connectivity index (χ0v) is 17.1. The van der Waals surface area contributed by atoms with Gasteiger partial charge in [-0.1, -0.05) is 42.5 Å². The van der Waals surface area contributed by atoms with E-state index >= 15 is 0 Å². The third-order valence-corrected chi connectivity index (χ3v) is 4.85. The van der Waals surface area contributed by atoms with Crippen LogP contribution in [-0.2, 0) is 0 Å². The molecule has 4 aromatic rings. The minimum absolute atomic E-state index is 0.113. The lowest BCUT2D eigenvalue weighted by molar-refractivity contribution is -0.114. The number of ether oxygens (including phenoxy) is 2. The lowest BCUT2D eigenvalue weighted by Gasteiger charge is -2.13. The molecule has 0 saturated heterocycles. The Bertz CT molecular complexity index is 1220. The van der Waals surface area contributed by atoms with E-state index in [1.165, 1.54) is 0 Å². The second-order valence-electron chi connectivity index (χ2n) is 6.94. The lowest BCUT2D eigenvalue weighted by Crippen LogP contribution is -2.47. The van der Waals surface area contributed by atoms with Gasteiger partial charge in [-0.25, -0.2) is 4.98 Å². The molecule has 31 heavy (non-hydrogen) atoms. The van der Waals surface area contributed by atoms with E-state index in [0.29, 0.717) is 11.3 Å². The Morgan fingerprint density at radius 3 is 2.16 bits per heavy atom. The van der Waals surface area contributed by atoms with Gasteiger partial charge in [-0.2, -0.15) is 0 Å². The highest BCUT2D eigenvalue weighted by Gasteiger charge is 2.19. The number of benzene rings is 3. The zero-order valence-electron chi connectivity index (χ0n) is 17.1. The summed E-state index contributed by atoms with van der Waals surface area (Å²) in [4.78, 5) is 4.52. The molecule has 0 spiro atoms. The second kappa shape index (κ2) is 8.59. The standard InChI is InChI=1S/C25H22N4O2/c1-30-20-9-5-6-17(14-20)22-15-21(23(24(26)27)25(28)29-22)16-10-12-19(13-11-16)31-18-7-3-2-4-8-18/h2-15H,1H3,(H3,26,27)(H2,28,29)/p+1. The number of nitrogen functional groups attached to an aromatic ring is 1. The number of aromatic nitrogens is 1. The molecule has 6 N–H and O–H groups in total. The van der Waals surface area contributed by atoms with E-state index in [9.17, 15) is 0 Å². The maximum atomic E-state index is 6.25. The number of methoxy groups -OCH3 is 1. The van der Waals surface area contributed by atoms with Crippen LogP contribution in [0.1, 0.15) is 5.56 Å². The number of rotatable bonds is 6. The number of hydrogen-bond acceptors (Lipinski definition) is 4. The van der Waals surface area contributed by atoms with E-state index in [2.05, 4.69) is 4.98 Å². The van der Waals surface area contributed by atoms with Gasteiger partial charge >= 0.3 is 0 Å². The van der Waals surface area contributed by atoms with Gasteiger partial charge in [-0.3, -0.25) is 11.1 Å². The molecule has 0 atom stereocenters. The van der Waals surface area contributed by atoms with Gasteiger partial charge in [0.2, 0.25) is 0 Å². The first-order valence-corrected chi connectivity index (χ1v) is 9.71. The summed E-state index contributed by atoms with van der Waals surface area (Å²) in [5, 5.41) is 5.95. The van der Waals surface area contributed by atoms with Crippen LogP contribution in [0.4, 0.5) is 5.82 Å². The van der Waals surface area contributed by atoms with Crippen molar-refractivity contribution in [1.29, 1.82) is 0 Å². The van der Waals surface area contributed by atoms with Gasteiger partial charge in [0.15, 0.2) is 0 Å². The molecule has 1 heterocycles. The van der Waals surface area contributed by atoms with Crippen LogP contribution in [0.5, 0.6) is 17.2 Å². The Labute approximate surface area is 180 Å². The van der Waals surface area contributed by atoms with Crippen LogP contribution in [0.15, 0.2) is 84.9 Å². The molecule has 0 aliphatic carbocycles. The number of para-hydroxylation sites is 1. The van der Waals surface area contributed by atoms with Gasteiger partial charge in [-0.15, -0.1) is 0 Å². The van der Waals surface area contributed by atoms with Crippen molar-refractivity contribution in [3.63, 3.8) is 0 Å². The highest BCUT2D eigenvalue weighted by Crippen LogP contribution is 2.33. The Balaban J connectivity index is 1.75. The Morgan fingerprint density at radius 1 is 0.806 bits per heavy atom. The summed E-state index contributed by atoms with van der Waals surface area (Å²) < 4.78 is 11.2. The normalized spacial score (nSPS) is 10.5. The lowest BCUT2D eigenvalue weighted by atomic mass is 9.97. The first kappa shape index (κ1) is 20.0. The molecule has 0 aliphatic heterocycles. The fourth-order valence-corrected chi connectivity index (χ4v) is 3.35. The molecule has 1 aromatic heterocycles. The van der Waals surface area contributed by atoms with E-state index in [1.807, 2.05) is 84.9 Å².